The Morgan fingerprint density at radius 2 is 1.35 bits per heavy atom. The molecule has 0 saturated heterocycles. The first kappa shape index (κ1) is 22.0. The zero-order valence-electron chi connectivity index (χ0n) is 15.9. The van der Waals surface area contributed by atoms with Crippen molar-refractivity contribution in [2.45, 2.75) is 64.7 Å². The molecule has 1 aromatic carbocycles. The summed E-state index contributed by atoms with van der Waals surface area (Å²) in [7, 11) is 0. The molecular weight excluding hydrogens is 332 g/mol. The molecule has 26 heavy (non-hydrogen) atoms. The van der Waals surface area contributed by atoms with Crippen LogP contribution < -0.4 is 4.74 Å². The monoisotopic (exact) mass is 364 g/mol. The molecule has 0 aliphatic rings. The van der Waals surface area contributed by atoms with Crippen LogP contribution in [0.2, 0.25) is 0 Å². The second kappa shape index (κ2) is 15.2. The van der Waals surface area contributed by atoms with E-state index < -0.39 is 0 Å². The highest BCUT2D eigenvalue weighted by atomic mass is 16.6. The van der Waals surface area contributed by atoms with Crippen LogP contribution >= 0.6 is 0 Å². The lowest BCUT2D eigenvalue weighted by Crippen LogP contribution is -2.13. The van der Waals surface area contributed by atoms with Crippen LogP contribution in [0.25, 0.3) is 0 Å². The number of carbonyl (C=O) groups is 2. The molecule has 0 saturated carbocycles. The fourth-order valence-corrected chi connectivity index (χ4v) is 2.42. The van der Waals surface area contributed by atoms with Crippen molar-refractivity contribution < 1.29 is 23.8 Å². The van der Waals surface area contributed by atoms with Crippen molar-refractivity contribution in [3.63, 3.8) is 0 Å². The van der Waals surface area contributed by atoms with Gasteiger partial charge < -0.3 is 14.2 Å². The molecule has 146 valence electrons. The summed E-state index contributed by atoms with van der Waals surface area (Å²) in [6.45, 7) is 3.19. The Labute approximate surface area is 157 Å². The maximum absolute atomic E-state index is 11.6. The number of para-hydroxylation sites is 1. The van der Waals surface area contributed by atoms with Crippen molar-refractivity contribution in [1.82, 2.24) is 0 Å². The van der Waals surface area contributed by atoms with Gasteiger partial charge in [0.15, 0.2) is 0 Å². The van der Waals surface area contributed by atoms with Gasteiger partial charge in [-0.2, -0.15) is 0 Å². The molecule has 0 atom stereocenters. The number of hydrogen-bond donors (Lipinski definition) is 0. The van der Waals surface area contributed by atoms with Crippen LogP contribution in [0.5, 0.6) is 5.75 Å². The van der Waals surface area contributed by atoms with Gasteiger partial charge in [-0.1, -0.05) is 57.2 Å². The molecule has 0 aliphatic carbocycles. The Bertz CT molecular complexity index is 486. The predicted octanol–water partition coefficient (Wildman–Crippen LogP) is 4.68. The fraction of sp³-hybridized carbons (Fsp3) is 0.619. The van der Waals surface area contributed by atoms with E-state index >= 15 is 0 Å². The van der Waals surface area contributed by atoms with Crippen molar-refractivity contribution >= 4 is 11.9 Å². The van der Waals surface area contributed by atoms with E-state index in [4.69, 9.17) is 14.2 Å². The molecule has 0 aromatic heterocycles. The third kappa shape index (κ3) is 12.3. The van der Waals surface area contributed by atoms with Gasteiger partial charge >= 0.3 is 11.9 Å². The highest BCUT2D eigenvalue weighted by Crippen LogP contribution is 2.08. The number of esters is 2. The maximum atomic E-state index is 11.6. The van der Waals surface area contributed by atoms with Crippen LogP contribution in [0.3, 0.4) is 0 Å². The molecule has 0 bridgehead atoms. The van der Waals surface area contributed by atoms with Gasteiger partial charge in [0.05, 0.1) is 6.61 Å². The quantitative estimate of drug-likeness (QED) is 0.334. The summed E-state index contributed by atoms with van der Waals surface area (Å²) < 4.78 is 15.7. The first-order chi connectivity index (χ1) is 12.7. The summed E-state index contributed by atoms with van der Waals surface area (Å²) in [5.41, 5.74) is 0. The Hall–Kier alpha value is -2.04. The first-order valence-electron chi connectivity index (χ1n) is 9.71. The molecule has 1 rings (SSSR count). The molecule has 1 aromatic rings. The standard InChI is InChI=1S/C21H32O5/c1-2-3-4-5-6-10-16-25-20(22)14-11-15-21(23)26-18-17-24-19-12-8-7-9-13-19/h7-9,12-13H,2-6,10-11,14-18H2,1H3. The van der Waals surface area contributed by atoms with E-state index in [0.717, 1.165) is 18.6 Å². The van der Waals surface area contributed by atoms with Crippen LogP contribution in [0.4, 0.5) is 0 Å². The molecular formula is C21H32O5. The first-order valence-corrected chi connectivity index (χ1v) is 9.71. The SMILES string of the molecule is CCCCCCCCOC(=O)CCCC(=O)OCCOc1ccccc1. The summed E-state index contributed by atoms with van der Waals surface area (Å²) in [5.74, 6) is 0.195. The molecule has 5 heteroatoms. The minimum absolute atomic E-state index is 0.205. The molecule has 5 nitrogen and oxygen atoms in total. The Morgan fingerprint density at radius 1 is 0.731 bits per heavy atom. The number of ether oxygens (including phenoxy) is 3. The second-order valence-corrected chi connectivity index (χ2v) is 6.22. The van der Waals surface area contributed by atoms with Gasteiger partial charge in [-0.15, -0.1) is 0 Å². The largest absolute Gasteiger partial charge is 0.490 e. The fourth-order valence-electron chi connectivity index (χ4n) is 2.42. The zero-order chi connectivity index (χ0) is 18.9. The van der Waals surface area contributed by atoms with Crippen molar-refractivity contribution in [2.24, 2.45) is 0 Å². The third-order valence-corrected chi connectivity index (χ3v) is 3.88. The summed E-state index contributed by atoms with van der Waals surface area (Å²) in [4.78, 5) is 23.2. The highest BCUT2D eigenvalue weighted by Gasteiger charge is 2.07. The lowest BCUT2D eigenvalue weighted by Gasteiger charge is -2.07. The Kier molecular flexibility index (Phi) is 12.9. The minimum atomic E-state index is -0.314. The van der Waals surface area contributed by atoms with Crippen LogP contribution in [0.15, 0.2) is 30.3 Å². The van der Waals surface area contributed by atoms with Gasteiger partial charge in [0, 0.05) is 12.8 Å². The van der Waals surface area contributed by atoms with Crippen LogP contribution in [0, 0.1) is 0 Å². The van der Waals surface area contributed by atoms with Crippen molar-refractivity contribution in [2.75, 3.05) is 19.8 Å². The summed E-state index contributed by atoms with van der Waals surface area (Å²) in [6.07, 6.45) is 7.90. The van der Waals surface area contributed by atoms with E-state index in [1.807, 2.05) is 30.3 Å². The molecule has 0 spiro atoms. The number of rotatable bonds is 15. The zero-order valence-corrected chi connectivity index (χ0v) is 15.9. The van der Waals surface area contributed by atoms with E-state index in [0.29, 0.717) is 19.6 Å². The second-order valence-electron chi connectivity index (χ2n) is 6.22. The predicted molar refractivity (Wildman–Crippen MR) is 101 cm³/mol. The van der Waals surface area contributed by atoms with Gasteiger partial charge in [0.2, 0.25) is 0 Å². The van der Waals surface area contributed by atoms with Gasteiger partial charge in [0.25, 0.3) is 0 Å². The number of carbonyl (C=O) groups excluding carboxylic acids is 2. The number of benzene rings is 1. The smallest absolute Gasteiger partial charge is 0.305 e. The minimum Gasteiger partial charge on any atom is -0.490 e. The lowest BCUT2D eigenvalue weighted by atomic mass is 10.1. The average molecular weight is 364 g/mol. The van der Waals surface area contributed by atoms with Crippen LogP contribution in [0.1, 0.15) is 64.7 Å². The molecule has 0 fully saturated rings. The van der Waals surface area contributed by atoms with Gasteiger partial charge in [-0.25, -0.2) is 0 Å². The summed E-state index contributed by atoms with van der Waals surface area (Å²) in [6, 6.07) is 9.36. The highest BCUT2D eigenvalue weighted by molar-refractivity contribution is 5.72. The third-order valence-electron chi connectivity index (χ3n) is 3.88. The van der Waals surface area contributed by atoms with Crippen LogP contribution in [-0.4, -0.2) is 31.8 Å². The summed E-state index contributed by atoms with van der Waals surface area (Å²) >= 11 is 0. The molecule has 0 amide bonds. The molecule has 0 unspecified atom stereocenters. The molecule has 0 radical (unpaired) electrons. The van der Waals surface area contributed by atoms with E-state index in [1.165, 1.54) is 25.7 Å². The normalized spacial score (nSPS) is 10.3. The van der Waals surface area contributed by atoms with E-state index in [1.54, 1.807) is 0 Å². The van der Waals surface area contributed by atoms with Crippen molar-refractivity contribution in [3.8, 4) is 5.75 Å². The van der Waals surface area contributed by atoms with E-state index in [9.17, 15) is 9.59 Å². The Morgan fingerprint density at radius 3 is 2.04 bits per heavy atom. The number of hydrogen-bond acceptors (Lipinski definition) is 5. The topological polar surface area (TPSA) is 61.8 Å². The van der Waals surface area contributed by atoms with Gasteiger partial charge in [0.1, 0.15) is 19.0 Å². The van der Waals surface area contributed by atoms with Crippen molar-refractivity contribution in [1.29, 1.82) is 0 Å². The van der Waals surface area contributed by atoms with Gasteiger partial charge in [-0.05, 0) is 25.0 Å². The van der Waals surface area contributed by atoms with E-state index in [-0.39, 0.29) is 31.4 Å². The molecule has 0 N–H and O–H groups in total. The molecule has 0 heterocycles. The number of unbranched alkanes of at least 4 members (excludes halogenated alkanes) is 5. The van der Waals surface area contributed by atoms with Gasteiger partial charge in [-0.3, -0.25) is 9.59 Å². The molecule has 0 aliphatic heterocycles. The maximum Gasteiger partial charge on any atom is 0.305 e. The van der Waals surface area contributed by atoms with Crippen LogP contribution in [-0.2, 0) is 19.1 Å². The Balaban J connectivity index is 1.91. The van der Waals surface area contributed by atoms with E-state index in [2.05, 4.69) is 6.92 Å². The average Bonchev–Trinajstić information content (AvgIpc) is 2.65. The van der Waals surface area contributed by atoms with Crippen molar-refractivity contribution in [3.05, 3.63) is 30.3 Å². The summed E-state index contributed by atoms with van der Waals surface area (Å²) in [5, 5.41) is 0. The lowest BCUT2D eigenvalue weighted by molar-refractivity contribution is -0.146.